The van der Waals surface area contributed by atoms with Crippen molar-refractivity contribution in [2.75, 3.05) is 19.7 Å². The fourth-order valence-electron chi connectivity index (χ4n) is 2.21. The van der Waals surface area contributed by atoms with Gasteiger partial charge in [-0.2, -0.15) is 0 Å². The van der Waals surface area contributed by atoms with E-state index in [-0.39, 0.29) is 12.0 Å². The van der Waals surface area contributed by atoms with E-state index in [2.05, 4.69) is 5.32 Å². The Balaban J connectivity index is 2.19. The third-order valence-electron chi connectivity index (χ3n) is 3.25. The molecule has 4 heteroatoms. The molecule has 0 aromatic heterocycles. The highest BCUT2D eigenvalue weighted by molar-refractivity contribution is 6.35. The lowest BCUT2D eigenvalue weighted by molar-refractivity contribution is 0.143. The first-order valence-corrected chi connectivity index (χ1v) is 6.16. The highest BCUT2D eigenvalue weighted by Crippen LogP contribution is 2.32. The molecule has 0 bridgehead atoms. The van der Waals surface area contributed by atoms with E-state index < -0.39 is 0 Å². The van der Waals surface area contributed by atoms with E-state index in [0.717, 1.165) is 31.5 Å². The van der Waals surface area contributed by atoms with Gasteiger partial charge in [0.05, 0.1) is 6.61 Å². The van der Waals surface area contributed by atoms with Crippen molar-refractivity contribution in [1.82, 2.24) is 5.32 Å². The zero-order valence-electron chi connectivity index (χ0n) is 8.97. The highest BCUT2D eigenvalue weighted by atomic mass is 35.5. The number of nitrogens with one attached hydrogen (secondary N) is 1. The highest BCUT2D eigenvalue weighted by Gasteiger charge is 2.33. The topological polar surface area (TPSA) is 32.3 Å². The molecule has 1 saturated heterocycles. The number of hydrogen-bond acceptors (Lipinski definition) is 2. The lowest BCUT2D eigenvalue weighted by Gasteiger charge is -2.26. The van der Waals surface area contributed by atoms with Gasteiger partial charge in [0.1, 0.15) is 0 Å². The van der Waals surface area contributed by atoms with Crippen LogP contribution in [0.1, 0.15) is 12.0 Å². The molecule has 1 fully saturated rings. The van der Waals surface area contributed by atoms with Crippen LogP contribution in [0, 0.1) is 5.41 Å². The molecule has 0 saturated carbocycles. The van der Waals surface area contributed by atoms with Crippen LogP contribution < -0.4 is 5.32 Å². The minimum absolute atomic E-state index is 0.0581. The first-order valence-electron chi connectivity index (χ1n) is 5.41. The monoisotopic (exact) mass is 259 g/mol. The molecule has 1 aliphatic rings. The minimum Gasteiger partial charge on any atom is -0.396 e. The quantitative estimate of drug-likeness (QED) is 0.875. The smallest absolute Gasteiger partial charge is 0.0503 e. The van der Waals surface area contributed by atoms with Crippen LogP contribution in [0.2, 0.25) is 10.0 Å². The van der Waals surface area contributed by atoms with E-state index in [4.69, 9.17) is 23.2 Å². The Bertz CT molecular complexity index is 375. The summed E-state index contributed by atoms with van der Waals surface area (Å²) in [5.74, 6) is 0. The first kappa shape index (κ1) is 12.2. The van der Waals surface area contributed by atoms with Crippen molar-refractivity contribution in [2.24, 2.45) is 5.41 Å². The molecule has 1 atom stereocenters. The second-order valence-corrected chi connectivity index (χ2v) is 5.34. The third-order valence-corrected chi connectivity index (χ3v) is 3.84. The molecule has 2 N–H and O–H groups in total. The second kappa shape index (κ2) is 4.92. The molecule has 0 amide bonds. The van der Waals surface area contributed by atoms with Crippen LogP contribution in [0.3, 0.4) is 0 Å². The van der Waals surface area contributed by atoms with Crippen LogP contribution >= 0.6 is 23.2 Å². The Morgan fingerprint density at radius 1 is 1.38 bits per heavy atom. The van der Waals surface area contributed by atoms with Gasteiger partial charge in [-0.05, 0) is 37.1 Å². The van der Waals surface area contributed by atoms with Crippen molar-refractivity contribution in [3.05, 3.63) is 33.8 Å². The largest absolute Gasteiger partial charge is 0.396 e. The molecule has 1 heterocycles. The van der Waals surface area contributed by atoms with Gasteiger partial charge in [0.15, 0.2) is 0 Å². The molecule has 0 spiro atoms. The predicted octanol–water partition coefficient (Wildman–Crippen LogP) is 2.51. The molecule has 16 heavy (non-hydrogen) atoms. The van der Waals surface area contributed by atoms with Gasteiger partial charge in [-0.1, -0.05) is 29.3 Å². The number of rotatable bonds is 3. The standard InChI is InChI=1S/C12H15Cl2NO/c13-10-2-1-9(11(14)5-10)6-12(8-16)3-4-15-7-12/h1-2,5,15-16H,3-4,6-8H2. The summed E-state index contributed by atoms with van der Waals surface area (Å²) >= 11 is 12.0. The molecule has 88 valence electrons. The van der Waals surface area contributed by atoms with Gasteiger partial charge in [0, 0.05) is 22.0 Å². The van der Waals surface area contributed by atoms with E-state index in [9.17, 15) is 5.11 Å². The number of aliphatic hydroxyl groups is 1. The predicted molar refractivity (Wildman–Crippen MR) is 67.2 cm³/mol. The van der Waals surface area contributed by atoms with Crippen molar-refractivity contribution < 1.29 is 5.11 Å². The van der Waals surface area contributed by atoms with Crippen molar-refractivity contribution >= 4 is 23.2 Å². The van der Waals surface area contributed by atoms with Crippen molar-refractivity contribution in [3.8, 4) is 0 Å². The van der Waals surface area contributed by atoms with E-state index in [1.807, 2.05) is 12.1 Å². The number of halogens is 2. The number of hydrogen-bond donors (Lipinski definition) is 2. The molecule has 1 aliphatic heterocycles. The number of benzene rings is 1. The molecule has 1 aromatic carbocycles. The maximum atomic E-state index is 9.51. The summed E-state index contributed by atoms with van der Waals surface area (Å²) in [5, 5.41) is 14.1. The summed E-state index contributed by atoms with van der Waals surface area (Å²) in [7, 11) is 0. The molecule has 1 aromatic rings. The van der Waals surface area contributed by atoms with Gasteiger partial charge in [0.2, 0.25) is 0 Å². The molecule has 0 radical (unpaired) electrons. The first-order chi connectivity index (χ1) is 7.65. The summed E-state index contributed by atoms with van der Waals surface area (Å²) in [4.78, 5) is 0. The third kappa shape index (κ3) is 2.51. The normalized spacial score (nSPS) is 24.9. The Morgan fingerprint density at radius 2 is 2.19 bits per heavy atom. The summed E-state index contributed by atoms with van der Waals surface area (Å²) in [6.07, 6.45) is 1.79. The Labute approximate surface area is 106 Å². The van der Waals surface area contributed by atoms with Crippen LogP contribution in [0.25, 0.3) is 0 Å². The molecular weight excluding hydrogens is 245 g/mol. The van der Waals surface area contributed by atoms with Crippen LogP contribution in [0.5, 0.6) is 0 Å². The van der Waals surface area contributed by atoms with Gasteiger partial charge in [0.25, 0.3) is 0 Å². The van der Waals surface area contributed by atoms with E-state index in [0.29, 0.717) is 10.0 Å². The Kier molecular flexibility index (Phi) is 3.75. The fraction of sp³-hybridized carbons (Fsp3) is 0.500. The van der Waals surface area contributed by atoms with Crippen LogP contribution in [0.4, 0.5) is 0 Å². The van der Waals surface area contributed by atoms with Crippen molar-refractivity contribution in [3.63, 3.8) is 0 Å². The van der Waals surface area contributed by atoms with Gasteiger partial charge < -0.3 is 10.4 Å². The van der Waals surface area contributed by atoms with Crippen molar-refractivity contribution in [2.45, 2.75) is 12.8 Å². The van der Waals surface area contributed by atoms with Gasteiger partial charge >= 0.3 is 0 Å². The van der Waals surface area contributed by atoms with Crippen LogP contribution in [-0.2, 0) is 6.42 Å². The van der Waals surface area contributed by atoms with E-state index >= 15 is 0 Å². The zero-order chi connectivity index (χ0) is 11.6. The van der Waals surface area contributed by atoms with Crippen LogP contribution in [-0.4, -0.2) is 24.8 Å². The van der Waals surface area contributed by atoms with E-state index in [1.54, 1.807) is 6.07 Å². The second-order valence-electron chi connectivity index (χ2n) is 4.50. The number of aliphatic hydroxyl groups excluding tert-OH is 1. The van der Waals surface area contributed by atoms with E-state index in [1.165, 1.54) is 0 Å². The lowest BCUT2D eigenvalue weighted by atomic mass is 9.81. The lowest BCUT2D eigenvalue weighted by Crippen LogP contribution is -2.30. The average Bonchev–Trinajstić information content (AvgIpc) is 2.72. The summed E-state index contributed by atoms with van der Waals surface area (Å²) in [6.45, 7) is 2.01. The van der Waals surface area contributed by atoms with Gasteiger partial charge in [-0.15, -0.1) is 0 Å². The van der Waals surface area contributed by atoms with Crippen molar-refractivity contribution in [1.29, 1.82) is 0 Å². The molecule has 2 nitrogen and oxygen atoms in total. The fourth-order valence-corrected chi connectivity index (χ4v) is 2.68. The summed E-state index contributed by atoms with van der Waals surface area (Å²) < 4.78 is 0. The molecular formula is C12H15Cl2NO. The molecule has 1 unspecified atom stereocenters. The molecule has 0 aliphatic carbocycles. The summed E-state index contributed by atoms with van der Waals surface area (Å²) in [6, 6.07) is 5.54. The summed E-state index contributed by atoms with van der Waals surface area (Å²) in [5.41, 5.74) is 1.00. The SMILES string of the molecule is OCC1(Cc2ccc(Cl)cc2Cl)CCNC1. The Hall–Kier alpha value is -0.280. The maximum absolute atomic E-state index is 9.51. The van der Waals surface area contributed by atoms with Crippen LogP contribution in [0.15, 0.2) is 18.2 Å². The molecule has 2 rings (SSSR count). The maximum Gasteiger partial charge on any atom is 0.0503 e. The van der Waals surface area contributed by atoms with Gasteiger partial charge in [-0.3, -0.25) is 0 Å². The zero-order valence-corrected chi connectivity index (χ0v) is 10.5. The minimum atomic E-state index is -0.0581. The van der Waals surface area contributed by atoms with Gasteiger partial charge in [-0.25, -0.2) is 0 Å². The average molecular weight is 260 g/mol. The Morgan fingerprint density at radius 3 is 2.75 bits per heavy atom.